The first-order chi connectivity index (χ1) is 11.6. The van der Waals surface area contributed by atoms with Crippen LogP contribution >= 0.6 is 0 Å². The molecule has 3 rings (SSSR count). The molecule has 1 saturated carbocycles. The molecule has 0 saturated heterocycles. The van der Waals surface area contributed by atoms with Crippen LogP contribution in [0.4, 0.5) is 0 Å². The van der Waals surface area contributed by atoms with Crippen molar-refractivity contribution in [1.82, 2.24) is 0 Å². The molecule has 3 heteroatoms. The van der Waals surface area contributed by atoms with Gasteiger partial charge in [-0.25, -0.2) is 0 Å². The predicted octanol–water partition coefficient (Wildman–Crippen LogP) is 5.22. The van der Waals surface area contributed by atoms with Gasteiger partial charge in [-0.2, -0.15) is 0 Å². The maximum Gasteiger partial charge on any atom is 0.140 e. The summed E-state index contributed by atoms with van der Waals surface area (Å²) in [5.74, 6) is 1.56. The average molecular weight is 324 g/mol. The number of carbonyl (C=O) groups excluding carboxylic acids is 2. The quantitative estimate of drug-likeness (QED) is 0.727. The van der Waals surface area contributed by atoms with Crippen molar-refractivity contribution < 1.29 is 14.3 Å². The normalized spacial score (nSPS) is 14.8. The molecule has 2 aromatic rings. The van der Waals surface area contributed by atoms with Gasteiger partial charge in [-0.1, -0.05) is 38.1 Å². The molecule has 0 amide bonds. The molecule has 1 aliphatic carbocycles. The number of benzene rings is 2. The van der Waals surface area contributed by atoms with Gasteiger partial charge >= 0.3 is 0 Å². The summed E-state index contributed by atoms with van der Waals surface area (Å²) in [4.78, 5) is 23.3. The molecule has 2 aromatic carbocycles. The molecule has 1 fully saturated rings. The second-order valence-corrected chi connectivity index (χ2v) is 5.85. The molecule has 1 aliphatic rings. The predicted molar refractivity (Wildman–Crippen MR) is 95.6 cm³/mol. The summed E-state index contributed by atoms with van der Waals surface area (Å²) in [5.41, 5.74) is 2.07. The molecule has 0 atom stereocenters. The van der Waals surface area contributed by atoms with E-state index in [1.807, 2.05) is 69.3 Å². The SMILES string of the molecule is CC.Cc1cc(Oc2ccccc2)cc(C2CC(=O)CC(=O)C2)c1. The zero-order chi connectivity index (χ0) is 17.5. The van der Waals surface area contributed by atoms with E-state index in [0.29, 0.717) is 12.8 Å². The highest BCUT2D eigenvalue weighted by molar-refractivity contribution is 6.02. The lowest BCUT2D eigenvalue weighted by molar-refractivity contribution is -0.130. The van der Waals surface area contributed by atoms with Crippen LogP contribution in [-0.4, -0.2) is 11.6 Å². The zero-order valence-electron chi connectivity index (χ0n) is 14.5. The molecule has 0 spiro atoms. The number of ether oxygens (including phenoxy) is 1. The number of Topliss-reactive ketones (excluding diaryl/α,β-unsaturated/α-hetero) is 2. The Balaban J connectivity index is 0.00000100. The van der Waals surface area contributed by atoms with Crippen LogP contribution < -0.4 is 4.74 Å². The summed E-state index contributed by atoms with van der Waals surface area (Å²) >= 11 is 0. The lowest BCUT2D eigenvalue weighted by Crippen LogP contribution is -2.21. The van der Waals surface area contributed by atoms with E-state index in [1.54, 1.807) is 0 Å². The Labute approximate surface area is 143 Å². The standard InChI is InChI=1S/C19H18O3.C2H6/c1-13-7-14(15-9-16(20)12-17(21)10-15)11-19(8-13)22-18-5-3-2-4-6-18;1-2/h2-8,11,15H,9-10,12H2,1H3;1-2H3. The molecular weight excluding hydrogens is 300 g/mol. The van der Waals surface area contributed by atoms with E-state index in [4.69, 9.17) is 4.74 Å². The monoisotopic (exact) mass is 324 g/mol. The number of aryl methyl sites for hydroxylation is 1. The third-order valence-corrected chi connectivity index (χ3v) is 3.87. The van der Waals surface area contributed by atoms with Crippen LogP contribution in [0, 0.1) is 6.92 Å². The lowest BCUT2D eigenvalue weighted by Gasteiger charge is -2.21. The Hall–Kier alpha value is -2.42. The van der Waals surface area contributed by atoms with Gasteiger partial charge in [-0.15, -0.1) is 0 Å². The van der Waals surface area contributed by atoms with Crippen molar-refractivity contribution >= 4 is 11.6 Å². The van der Waals surface area contributed by atoms with E-state index >= 15 is 0 Å². The van der Waals surface area contributed by atoms with Gasteiger partial charge in [-0.3, -0.25) is 9.59 Å². The maximum atomic E-state index is 11.7. The largest absolute Gasteiger partial charge is 0.457 e. The summed E-state index contributed by atoms with van der Waals surface area (Å²) in [6.45, 7) is 5.99. The second kappa shape index (κ2) is 8.44. The third-order valence-electron chi connectivity index (χ3n) is 3.87. The molecular formula is C21H24O3. The Bertz CT molecular complexity index is 688. The van der Waals surface area contributed by atoms with Crippen LogP contribution in [0.5, 0.6) is 11.5 Å². The van der Waals surface area contributed by atoms with Crippen LogP contribution in [0.15, 0.2) is 48.5 Å². The number of para-hydroxylation sites is 1. The molecule has 0 radical (unpaired) electrons. The highest BCUT2D eigenvalue weighted by atomic mass is 16.5. The van der Waals surface area contributed by atoms with Gasteiger partial charge < -0.3 is 4.74 Å². The van der Waals surface area contributed by atoms with E-state index in [0.717, 1.165) is 22.6 Å². The van der Waals surface area contributed by atoms with E-state index in [2.05, 4.69) is 0 Å². The van der Waals surface area contributed by atoms with Crippen LogP contribution in [0.3, 0.4) is 0 Å². The summed E-state index contributed by atoms with van der Waals surface area (Å²) in [5, 5.41) is 0. The maximum absolute atomic E-state index is 11.7. The number of rotatable bonds is 3. The number of hydrogen-bond acceptors (Lipinski definition) is 3. The number of hydrogen-bond donors (Lipinski definition) is 0. The Kier molecular flexibility index (Phi) is 6.30. The second-order valence-electron chi connectivity index (χ2n) is 5.85. The average Bonchev–Trinajstić information content (AvgIpc) is 2.56. The molecule has 0 N–H and O–H groups in total. The molecule has 0 heterocycles. The third kappa shape index (κ3) is 4.79. The van der Waals surface area contributed by atoms with E-state index in [1.165, 1.54) is 0 Å². The first-order valence-electron chi connectivity index (χ1n) is 8.48. The molecule has 126 valence electrons. The fraction of sp³-hybridized carbons (Fsp3) is 0.333. The van der Waals surface area contributed by atoms with Gasteiger partial charge in [0, 0.05) is 12.8 Å². The topological polar surface area (TPSA) is 43.4 Å². The van der Waals surface area contributed by atoms with Gasteiger partial charge in [-0.05, 0) is 48.2 Å². The first-order valence-corrected chi connectivity index (χ1v) is 8.48. The molecule has 0 aliphatic heterocycles. The van der Waals surface area contributed by atoms with Gasteiger partial charge in [0.1, 0.15) is 23.1 Å². The van der Waals surface area contributed by atoms with Crippen LogP contribution in [-0.2, 0) is 9.59 Å². The molecule has 3 nitrogen and oxygen atoms in total. The highest BCUT2D eigenvalue weighted by Crippen LogP contribution is 2.33. The van der Waals surface area contributed by atoms with Crippen molar-refractivity contribution in [3.8, 4) is 11.5 Å². The van der Waals surface area contributed by atoms with E-state index < -0.39 is 0 Å². The number of ketones is 2. The highest BCUT2D eigenvalue weighted by Gasteiger charge is 2.27. The number of carbonyl (C=O) groups is 2. The van der Waals surface area contributed by atoms with Gasteiger partial charge in [0.2, 0.25) is 0 Å². The van der Waals surface area contributed by atoms with Gasteiger partial charge in [0.05, 0.1) is 6.42 Å². The van der Waals surface area contributed by atoms with Crippen molar-refractivity contribution in [2.24, 2.45) is 0 Å². The minimum atomic E-state index is -0.0215. The molecule has 0 aromatic heterocycles. The van der Waals surface area contributed by atoms with Crippen molar-refractivity contribution in [1.29, 1.82) is 0 Å². The summed E-state index contributed by atoms with van der Waals surface area (Å²) in [6, 6.07) is 15.5. The zero-order valence-corrected chi connectivity index (χ0v) is 14.5. The molecule has 0 bridgehead atoms. The smallest absolute Gasteiger partial charge is 0.140 e. The summed E-state index contributed by atoms with van der Waals surface area (Å²) in [7, 11) is 0. The van der Waals surface area contributed by atoms with Crippen LogP contribution in [0.25, 0.3) is 0 Å². The van der Waals surface area contributed by atoms with Crippen molar-refractivity contribution in [3.63, 3.8) is 0 Å². The minimum Gasteiger partial charge on any atom is -0.457 e. The Morgan fingerprint density at radius 3 is 2.12 bits per heavy atom. The fourth-order valence-electron chi connectivity index (χ4n) is 2.92. The van der Waals surface area contributed by atoms with E-state index in [-0.39, 0.29) is 23.9 Å². The van der Waals surface area contributed by atoms with E-state index in [9.17, 15) is 9.59 Å². The Morgan fingerprint density at radius 1 is 0.875 bits per heavy atom. The summed E-state index contributed by atoms with van der Waals surface area (Å²) in [6.07, 6.45) is 0.982. The fourth-order valence-corrected chi connectivity index (χ4v) is 2.92. The van der Waals surface area contributed by atoms with Gasteiger partial charge in [0.15, 0.2) is 0 Å². The Morgan fingerprint density at radius 2 is 1.50 bits per heavy atom. The molecule has 24 heavy (non-hydrogen) atoms. The first kappa shape index (κ1) is 17.9. The summed E-state index contributed by atoms with van der Waals surface area (Å²) < 4.78 is 5.87. The van der Waals surface area contributed by atoms with Crippen molar-refractivity contribution in [2.45, 2.75) is 46.0 Å². The van der Waals surface area contributed by atoms with Crippen LogP contribution in [0.2, 0.25) is 0 Å². The molecule has 0 unspecified atom stereocenters. The minimum absolute atomic E-state index is 0.0215. The lowest BCUT2D eigenvalue weighted by atomic mass is 9.82. The van der Waals surface area contributed by atoms with Gasteiger partial charge in [0.25, 0.3) is 0 Å². The van der Waals surface area contributed by atoms with Crippen LogP contribution in [0.1, 0.15) is 50.2 Å². The van der Waals surface area contributed by atoms with Crippen molar-refractivity contribution in [2.75, 3.05) is 0 Å². The van der Waals surface area contributed by atoms with Crippen molar-refractivity contribution in [3.05, 3.63) is 59.7 Å².